The summed E-state index contributed by atoms with van der Waals surface area (Å²) in [5, 5.41) is 0.778. The molecule has 0 aliphatic rings. The van der Waals surface area contributed by atoms with Gasteiger partial charge < -0.3 is 4.42 Å². The molecule has 0 aliphatic heterocycles. The summed E-state index contributed by atoms with van der Waals surface area (Å²) in [4.78, 5) is 0.486. The zero-order chi connectivity index (χ0) is 7.72. The molecule has 1 rings (SSSR count). The molecule has 0 saturated heterocycles. The van der Waals surface area contributed by atoms with E-state index in [9.17, 15) is 0 Å². The highest BCUT2D eigenvalue weighted by atomic mass is 32.1. The van der Waals surface area contributed by atoms with Gasteiger partial charge in [-0.2, -0.15) is 0 Å². The Hall–Kier alpha value is -0.220. The lowest BCUT2D eigenvalue weighted by molar-refractivity contribution is 0.478. The van der Waals surface area contributed by atoms with E-state index in [-0.39, 0.29) is 0 Å². The zero-order valence-corrected chi connectivity index (χ0v) is 7.58. The fourth-order valence-corrected chi connectivity index (χ4v) is 1.58. The second-order valence-electron chi connectivity index (χ2n) is 2.32. The lowest BCUT2D eigenvalue weighted by atomic mass is 10.4. The van der Waals surface area contributed by atoms with Gasteiger partial charge in [-0.25, -0.2) is 0 Å². The molecular weight excluding hydrogens is 166 g/mol. The minimum absolute atomic E-state index is 0.318. The summed E-state index contributed by atoms with van der Waals surface area (Å²) in [6.07, 6.45) is 1.55. The highest BCUT2D eigenvalue weighted by molar-refractivity contribution is 7.80. The molecule has 1 aromatic heterocycles. The normalized spacial score (nSPS) is 10.8. The molecule has 0 fully saturated rings. The predicted molar refractivity (Wildman–Crippen MR) is 45.2 cm³/mol. The van der Waals surface area contributed by atoms with E-state index in [1.807, 2.05) is 18.4 Å². The topological polar surface area (TPSA) is 18.1 Å². The van der Waals surface area contributed by atoms with Crippen LogP contribution in [0.2, 0.25) is 0 Å². The van der Waals surface area contributed by atoms with Crippen LogP contribution in [0, 0.1) is 4.84 Å². The Balaban J connectivity index is 3.23. The van der Waals surface area contributed by atoms with Crippen molar-refractivity contribution < 1.29 is 4.42 Å². The molecule has 4 heteroatoms. The van der Waals surface area contributed by atoms with E-state index < -0.39 is 0 Å². The van der Waals surface area contributed by atoms with Crippen LogP contribution >= 0.6 is 24.8 Å². The highest BCUT2D eigenvalue weighted by Crippen LogP contribution is 2.15. The maximum absolute atomic E-state index is 4.96. The van der Waals surface area contributed by atoms with E-state index in [1.54, 1.807) is 6.26 Å². The van der Waals surface area contributed by atoms with Crippen molar-refractivity contribution in [3.8, 4) is 0 Å². The fourth-order valence-electron chi connectivity index (χ4n) is 0.786. The van der Waals surface area contributed by atoms with Gasteiger partial charge in [0.1, 0.15) is 11.3 Å². The van der Waals surface area contributed by atoms with E-state index >= 15 is 0 Å². The Labute approximate surface area is 70.3 Å². The van der Waals surface area contributed by atoms with E-state index in [1.165, 1.54) is 0 Å². The van der Waals surface area contributed by atoms with Gasteiger partial charge >= 0.3 is 0 Å². The molecule has 0 saturated carbocycles. The Morgan fingerprint density at radius 2 is 2.30 bits per heavy atom. The molecule has 0 unspecified atom stereocenters. The average Bonchev–Trinajstić information content (AvgIpc) is 2.11. The van der Waals surface area contributed by atoms with Crippen molar-refractivity contribution in [2.45, 2.75) is 24.9 Å². The van der Waals surface area contributed by atoms with Crippen LogP contribution in [0.1, 0.15) is 19.9 Å². The monoisotopic (exact) mass is 175 g/mol. The first-order chi connectivity index (χ1) is 4.63. The third-order valence-corrected chi connectivity index (χ3v) is 1.84. The third-order valence-electron chi connectivity index (χ3n) is 1.23. The van der Waals surface area contributed by atoms with Gasteiger partial charge in [-0.05, 0) is 26.1 Å². The van der Waals surface area contributed by atoms with Crippen molar-refractivity contribution in [3.05, 3.63) is 11.1 Å². The van der Waals surface area contributed by atoms with Gasteiger partial charge in [0.25, 0.3) is 4.84 Å². The van der Waals surface area contributed by atoms with Gasteiger partial charge in [0.2, 0.25) is 0 Å². The van der Waals surface area contributed by atoms with Crippen LogP contribution in [0.5, 0.6) is 0 Å². The number of hydrogen-bond acceptors (Lipinski definition) is 3. The smallest absolute Gasteiger partial charge is 0.269 e. The molecule has 0 aromatic carbocycles. The Morgan fingerprint density at radius 3 is 2.50 bits per heavy atom. The van der Waals surface area contributed by atoms with E-state index in [4.69, 9.17) is 16.6 Å². The van der Waals surface area contributed by atoms with Crippen molar-refractivity contribution in [2.75, 3.05) is 0 Å². The molecule has 0 bridgehead atoms. The van der Waals surface area contributed by atoms with Gasteiger partial charge in [0.05, 0.1) is 0 Å². The Morgan fingerprint density at radius 1 is 1.70 bits per heavy atom. The van der Waals surface area contributed by atoms with Gasteiger partial charge in [0, 0.05) is 6.04 Å². The molecule has 0 atom stereocenters. The largest absolute Gasteiger partial charge is 0.437 e. The molecule has 0 aliphatic carbocycles. The van der Waals surface area contributed by atoms with Crippen molar-refractivity contribution in [1.82, 2.24) is 4.57 Å². The molecule has 0 radical (unpaired) electrons. The third kappa shape index (κ3) is 1.27. The number of rotatable bonds is 1. The molecule has 2 nitrogen and oxygen atoms in total. The minimum atomic E-state index is 0.318. The number of oxazole rings is 1. The summed E-state index contributed by atoms with van der Waals surface area (Å²) in [6.45, 7) is 4.07. The number of nitrogens with zero attached hydrogens (tertiary/aromatic N) is 1. The number of thiol groups is 1. The molecule has 56 valence electrons. The minimum Gasteiger partial charge on any atom is -0.437 e. The van der Waals surface area contributed by atoms with E-state index in [0.717, 1.165) is 5.03 Å². The lowest BCUT2D eigenvalue weighted by Gasteiger charge is -2.05. The van der Waals surface area contributed by atoms with Crippen molar-refractivity contribution in [1.29, 1.82) is 0 Å². The summed E-state index contributed by atoms with van der Waals surface area (Å²) >= 11 is 9.06. The summed E-state index contributed by atoms with van der Waals surface area (Å²) in [7, 11) is 0. The van der Waals surface area contributed by atoms with Crippen LogP contribution < -0.4 is 0 Å². The maximum atomic E-state index is 4.96. The molecular formula is C6H9NOS2. The second kappa shape index (κ2) is 2.80. The van der Waals surface area contributed by atoms with Crippen molar-refractivity contribution in [2.24, 2.45) is 0 Å². The number of hydrogen-bond donors (Lipinski definition) is 1. The standard InChI is InChI=1S/C6H9NOS2/c1-4(2)7-5(9)3-8-6(7)10/h3-4,9H,1-2H3. The second-order valence-corrected chi connectivity index (χ2v) is 3.13. The van der Waals surface area contributed by atoms with Crippen LogP contribution in [0.4, 0.5) is 0 Å². The SMILES string of the molecule is CC(C)n1c(S)coc1=S. The molecule has 0 amide bonds. The Bertz CT molecular complexity index is 274. The molecule has 10 heavy (non-hydrogen) atoms. The van der Waals surface area contributed by atoms with Crippen molar-refractivity contribution in [3.63, 3.8) is 0 Å². The summed E-state index contributed by atoms with van der Waals surface area (Å²) in [5.74, 6) is 0. The summed E-state index contributed by atoms with van der Waals surface area (Å²) < 4.78 is 6.80. The predicted octanol–water partition coefficient (Wildman–Crippen LogP) is 2.68. The first-order valence-electron chi connectivity index (χ1n) is 3.02. The van der Waals surface area contributed by atoms with E-state index in [2.05, 4.69) is 12.6 Å². The fraction of sp³-hybridized carbons (Fsp3) is 0.500. The molecule has 1 heterocycles. The van der Waals surface area contributed by atoms with Crippen LogP contribution in [-0.2, 0) is 0 Å². The van der Waals surface area contributed by atoms with Crippen LogP contribution in [0.25, 0.3) is 0 Å². The van der Waals surface area contributed by atoms with Crippen molar-refractivity contribution >= 4 is 24.8 Å². The highest BCUT2D eigenvalue weighted by Gasteiger charge is 2.04. The first-order valence-corrected chi connectivity index (χ1v) is 3.87. The summed E-state index contributed by atoms with van der Waals surface area (Å²) in [5.41, 5.74) is 0. The Kier molecular flexibility index (Phi) is 2.21. The lowest BCUT2D eigenvalue weighted by Crippen LogP contribution is -1.99. The van der Waals surface area contributed by atoms with Gasteiger partial charge in [0.15, 0.2) is 0 Å². The van der Waals surface area contributed by atoms with Gasteiger partial charge in [-0.15, -0.1) is 12.6 Å². The van der Waals surface area contributed by atoms with Crippen LogP contribution in [-0.4, -0.2) is 4.57 Å². The molecule has 0 N–H and O–H groups in total. The van der Waals surface area contributed by atoms with E-state index in [0.29, 0.717) is 10.9 Å². The number of aromatic nitrogens is 1. The summed E-state index contributed by atoms with van der Waals surface area (Å²) in [6, 6.07) is 0.318. The zero-order valence-electron chi connectivity index (χ0n) is 5.87. The van der Waals surface area contributed by atoms with Gasteiger partial charge in [-0.3, -0.25) is 4.57 Å². The maximum Gasteiger partial charge on any atom is 0.269 e. The van der Waals surface area contributed by atoms with Crippen LogP contribution in [0.15, 0.2) is 15.7 Å². The van der Waals surface area contributed by atoms with Crippen LogP contribution in [0.3, 0.4) is 0 Å². The quantitative estimate of drug-likeness (QED) is 0.522. The van der Waals surface area contributed by atoms with Gasteiger partial charge in [-0.1, -0.05) is 0 Å². The average molecular weight is 175 g/mol. The molecule has 0 spiro atoms. The molecule has 1 aromatic rings. The first kappa shape index (κ1) is 7.88.